The standard InChI is InChI=1S/C12H14N2O6/c1-19-9(15)6-8(12(17)18)14-10(16)7-4-3-5-13-11(7)20-2/h3-5,8H,6H2,1-2H3,(H,14,16)(H,17,18)/t8-/m0/s1. The Labute approximate surface area is 114 Å². The topological polar surface area (TPSA) is 115 Å². The molecule has 0 spiro atoms. The first-order valence-electron chi connectivity index (χ1n) is 5.59. The number of pyridine rings is 1. The van der Waals surface area contributed by atoms with Gasteiger partial charge in [-0.25, -0.2) is 9.78 Å². The Morgan fingerprint density at radius 2 is 2.10 bits per heavy atom. The molecule has 0 radical (unpaired) electrons. The highest BCUT2D eigenvalue weighted by Crippen LogP contribution is 2.13. The average Bonchev–Trinajstić information content (AvgIpc) is 2.45. The van der Waals surface area contributed by atoms with E-state index in [0.29, 0.717) is 0 Å². The molecule has 0 saturated heterocycles. The second kappa shape index (κ2) is 7.07. The summed E-state index contributed by atoms with van der Waals surface area (Å²) in [4.78, 5) is 37.9. The minimum absolute atomic E-state index is 0.0622. The zero-order chi connectivity index (χ0) is 15.1. The second-order valence-corrected chi connectivity index (χ2v) is 3.70. The lowest BCUT2D eigenvalue weighted by Crippen LogP contribution is -2.42. The summed E-state index contributed by atoms with van der Waals surface area (Å²) in [6.45, 7) is 0. The predicted molar refractivity (Wildman–Crippen MR) is 66.3 cm³/mol. The molecular formula is C12H14N2O6. The number of aliphatic carboxylic acids is 1. The summed E-state index contributed by atoms with van der Waals surface area (Å²) in [5.74, 6) is -2.72. The Balaban J connectivity index is 2.85. The summed E-state index contributed by atoms with van der Waals surface area (Å²) in [5.41, 5.74) is 0.0751. The molecule has 2 N–H and O–H groups in total. The molecule has 1 amide bonds. The van der Waals surface area contributed by atoms with Crippen molar-refractivity contribution < 1.29 is 29.0 Å². The number of esters is 1. The van der Waals surface area contributed by atoms with Crippen molar-refractivity contribution in [2.75, 3.05) is 14.2 Å². The van der Waals surface area contributed by atoms with Crippen molar-refractivity contribution in [1.29, 1.82) is 0 Å². The number of rotatable bonds is 6. The van der Waals surface area contributed by atoms with Crippen molar-refractivity contribution in [2.45, 2.75) is 12.5 Å². The molecule has 20 heavy (non-hydrogen) atoms. The number of methoxy groups -OCH3 is 2. The third-order valence-electron chi connectivity index (χ3n) is 2.41. The van der Waals surface area contributed by atoms with E-state index in [9.17, 15) is 14.4 Å². The molecule has 1 heterocycles. The van der Waals surface area contributed by atoms with Crippen LogP contribution in [0.1, 0.15) is 16.8 Å². The number of nitrogens with one attached hydrogen (secondary N) is 1. The van der Waals surface area contributed by atoms with Gasteiger partial charge >= 0.3 is 11.9 Å². The number of carbonyl (C=O) groups is 3. The molecule has 0 saturated carbocycles. The Morgan fingerprint density at radius 1 is 1.40 bits per heavy atom. The van der Waals surface area contributed by atoms with Gasteiger partial charge in [-0.2, -0.15) is 0 Å². The predicted octanol–water partition coefficient (Wildman–Crippen LogP) is -0.164. The van der Waals surface area contributed by atoms with Crippen LogP contribution >= 0.6 is 0 Å². The quantitative estimate of drug-likeness (QED) is 0.696. The Hall–Kier alpha value is -2.64. The van der Waals surface area contributed by atoms with Crippen molar-refractivity contribution >= 4 is 17.8 Å². The van der Waals surface area contributed by atoms with Crippen LogP contribution in [-0.2, 0) is 14.3 Å². The van der Waals surface area contributed by atoms with E-state index < -0.39 is 30.3 Å². The number of carboxylic acid groups (broad SMARTS) is 1. The van der Waals surface area contributed by atoms with E-state index in [1.807, 2.05) is 0 Å². The third kappa shape index (κ3) is 3.94. The van der Waals surface area contributed by atoms with Crippen LogP contribution in [-0.4, -0.2) is 48.2 Å². The molecule has 0 aliphatic carbocycles. The summed E-state index contributed by atoms with van der Waals surface area (Å²) in [7, 11) is 2.47. The molecule has 0 bridgehead atoms. The summed E-state index contributed by atoms with van der Waals surface area (Å²) in [6, 6.07) is 1.55. The van der Waals surface area contributed by atoms with Crippen LogP contribution < -0.4 is 10.1 Å². The van der Waals surface area contributed by atoms with Gasteiger partial charge in [0.05, 0.1) is 20.6 Å². The van der Waals surface area contributed by atoms with Gasteiger partial charge in [-0.3, -0.25) is 9.59 Å². The van der Waals surface area contributed by atoms with Crippen molar-refractivity contribution in [3.63, 3.8) is 0 Å². The fourth-order valence-electron chi connectivity index (χ4n) is 1.41. The van der Waals surface area contributed by atoms with E-state index in [1.165, 1.54) is 25.4 Å². The minimum atomic E-state index is -1.39. The molecular weight excluding hydrogens is 268 g/mol. The van der Waals surface area contributed by atoms with E-state index >= 15 is 0 Å². The van der Waals surface area contributed by atoms with Crippen molar-refractivity contribution in [3.05, 3.63) is 23.9 Å². The maximum atomic E-state index is 12.0. The number of carboxylic acids is 1. The van der Waals surface area contributed by atoms with Crippen molar-refractivity contribution in [3.8, 4) is 5.88 Å². The number of hydrogen-bond donors (Lipinski definition) is 2. The first-order chi connectivity index (χ1) is 9.49. The Bertz CT molecular complexity index is 516. The fourth-order valence-corrected chi connectivity index (χ4v) is 1.41. The van der Waals surface area contributed by atoms with Crippen LogP contribution in [0.2, 0.25) is 0 Å². The van der Waals surface area contributed by atoms with Gasteiger partial charge in [0.25, 0.3) is 5.91 Å². The molecule has 108 valence electrons. The lowest BCUT2D eigenvalue weighted by atomic mass is 10.2. The summed E-state index contributed by atoms with van der Waals surface area (Å²) >= 11 is 0. The highest BCUT2D eigenvalue weighted by Gasteiger charge is 2.25. The van der Waals surface area contributed by atoms with Crippen LogP contribution in [0.15, 0.2) is 18.3 Å². The van der Waals surface area contributed by atoms with Gasteiger partial charge in [0.1, 0.15) is 11.6 Å². The smallest absolute Gasteiger partial charge is 0.326 e. The Kier molecular flexibility index (Phi) is 5.45. The largest absolute Gasteiger partial charge is 0.480 e. The van der Waals surface area contributed by atoms with E-state index in [-0.39, 0.29) is 11.4 Å². The molecule has 8 heteroatoms. The highest BCUT2D eigenvalue weighted by molar-refractivity contribution is 5.99. The van der Waals surface area contributed by atoms with E-state index in [1.54, 1.807) is 0 Å². The van der Waals surface area contributed by atoms with Gasteiger partial charge in [-0.05, 0) is 12.1 Å². The zero-order valence-electron chi connectivity index (χ0n) is 11.0. The fraction of sp³-hybridized carbons (Fsp3) is 0.333. The van der Waals surface area contributed by atoms with Gasteiger partial charge in [-0.15, -0.1) is 0 Å². The van der Waals surface area contributed by atoms with Crippen molar-refractivity contribution in [1.82, 2.24) is 10.3 Å². The van der Waals surface area contributed by atoms with Gasteiger partial charge in [0.2, 0.25) is 5.88 Å². The molecule has 0 aromatic carbocycles. The summed E-state index contributed by atoms with van der Waals surface area (Å²) < 4.78 is 9.27. The summed E-state index contributed by atoms with van der Waals surface area (Å²) in [6.07, 6.45) is 0.957. The van der Waals surface area contributed by atoms with E-state index in [0.717, 1.165) is 7.11 Å². The van der Waals surface area contributed by atoms with Gasteiger partial charge < -0.3 is 19.9 Å². The maximum Gasteiger partial charge on any atom is 0.326 e. The van der Waals surface area contributed by atoms with Gasteiger partial charge in [0.15, 0.2) is 0 Å². The lowest BCUT2D eigenvalue weighted by Gasteiger charge is -2.14. The monoisotopic (exact) mass is 282 g/mol. The highest BCUT2D eigenvalue weighted by atomic mass is 16.5. The third-order valence-corrected chi connectivity index (χ3v) is 2.41. The summed E-state index contributed by atoms with van der Waals surface area (Å²) in [5, 5.41) is 11.2. The molecule has 0 fully saturated rings. The number of nitrogens with zero attached hydrogens (tertiary/aromatic N) is 1. The molecule has 0 aliphatic rings. The van der Waals surface area contributed by atoms with E-state index in [4.69, 9.17) is 9.84 Å². The molecule has 8 nitrogen and oxygen atoms in total. The molecule has 1 rings (SSSR count). The molecule has 0 unspecified atom stereocenters. The van der Waals surface area contributed by atoms with Gasteiger partial charge in [-0.1, -0.05) is 0 Å². The maximum absolute atomic E-state index is 12.0. The number of amides is 1. The normalized spacial score (nSPS) is 11.3. The van der Waals surface area contributed by atoms with Crippen LogP contribution in [0.3, 0.4) is 0 Å². The van der Waals surface area contributed by atoms with Crippen LogP contribution in [0, 0.1) is 0 Å². The Morgan fingerprint density at radius 3 is 2.65 bits per heavy atom. The molecule has 1 aromatic heterocycles. The number of ether oxygens (including phenoxy) is 2. The number of aromatic nitrogens is 1. The van der Waals surface area contributed by atoms with Crippen LogP contribution in [0.5, 0.6) is 5.88 Å². The zero-order valence-corrected chi connectivity index (χ0v) is 11.0. The molecule has 1 aromatic rings. The first kappa shape index (κ1) is 15.4. The van der Waals surface area contributed by atoms with Crippen LogP contribution in [0.25, 0.3) is 0 Å². The number of hydrogen-bond acceptors (Lipinski definition) is 6. The second-order valence-electron chi connectivity index (χ2n) is 3.70. The first-order valence-corrected chi connectivity index (χ1v) is 5.59. The molecule has 0 aliphatic heterocycles. The van der Waals surface area contributed by atoms with Gasteiger partial charge in [0, 0.05) is 6.20 Å². The van der Waals surface area contributed by atoms with Crippen molar-refractivity contribution in [2.24, 2.45) is 0 Å². The van der Waals surface area contributed by atoms with Crippen LogP contribution in [0.4, 0.5) is 0 Å². The average molecular weight is 282 g/mol. The number of carbonyl (C=O) groups excluding carboxylic acids is 2. The lowest BCUT2D eigenvalue weighted by molar-refractivity contribution is -0.147. The SMILES string of the molecule is COC(=O)C[C@H](NC(=O)c1cccnc1OC)C(=O)O. The van der Waals surface area contributed by atoms with E-state index in [2.05, 4.69) is 15.0 Å². The molecule has 1 atom stereocenters. The minimum Gasteiger partial charge on any atom is -0.480 e.